The zero-order valence-electron chi connectivity index (χ0n) is 14.3. The van der Waals surface area contributed by atoms with E-state index < -0.39 is 5.60 Å². The van der Waals surface area contributed by atoms with Gasteiger partial charge in [-0.05, 0) is 47.5 Å². The van der Waals surface area contributed by atoms with E-state index in [1.165, 1.54) is 0 Å². The zero-order chi connectivity index (χ0) is 16.5. The third-order valence-electron chi connectivity index (χ3n) is 4.03. The molecule has 0 aromatic rings. The number of ether oxygens (including phenoxy) is 2. The average Bonchev–Trinajstić information content (AvgIpc) is 2.89. The van der Waals surface area contributed by atoms with Crippen LogP contribution in [0.4, 0.5) is 4.79 Å². The number of rotatable bonds is 1. The quantitative estimate of drug-likeness (QED) is 0.743. The summed E-state index contributed by atoms with van der Waals surface area (Å²) in [7, 11) is 0. The molecule has 2 fully saturated rings. The molecule has 2 rings (SSSR count). The minimum absolute atomic E-state index is 0.0343. The summed E-state index contributed by atoms with van der Waals surface area (Å²) < 4.78 is 10.9. The van der Waals surface area contributed by atoms with Crippen LogP contribution in [0.15, 0.2) is 0 Å². The molecule has 3 atom stereocenters. The first-order chi connectivity index (χ1) is 10.2. The molecular formula is C16H28N2O4. The molecule has 0 aliphatic carbocycles. The predicted octanol–water partition coefficient (Wildman–Crippen LogP) is 2.02. The van der Waals surface area contributed by atoms with Gasteiger partial charge in [0.25, 0.3) is 5.91 Å². The van der Waals surface area contributed by atoms with Gasteiger partial charge in [-0.2, -0.15) is 0 Å². The smallest absolute Gasteiger partial charge is 0.410 e. The van der Waals surface area contributed by atoms with Crippen LogP contribution in [0.2, 0.25) is 0 Å². The summed E-state index contributed by atoms with van der Waals surface area (Å²) >= 11 is 0. The summed E-state index contributed by atoms with van der Waals surface area (Å²) in [6.45, 7) is 11.2. The Morgan fingerprint density at radius 2 is 1.73 bits per heavy atom. The fraction of sp³-hybridized carbons (Fsp3) is 0.875. The number of carbonyl (C=O) groups is 2. The topological polar surface area (TPSA) is 59.1 Å². The zero-order valence-corrected chi connectivity index (χ0v) is 14.3. The average molecular weight is 312 g/mol. The number of piperazine rings is 1. The second kappa shape index (κ2) is 6.44. The van der Waals surface area contributed by atoms with Gasteiger partial charge in [0.15, 0.2) is 0 Å². The lowest BCUT2D eigenvalue weighted by Gasteiger charge is -2.45. The molecule has 6 nitrogen and oxygen atoms in total. The van der Waals surface area contributed by atoms with E-state index >= 15 is 0 Å². The summed E-state index contributed by atoms with van der Waals surface area (Å²) in [4.78, 5) is 28.4. The Bertz CT molecular complexity index is 414. The molecule has 0 bridgehead atoms. The molecule has 126 valence electrons. The maximum atomic E-state index is 12.6. The first-order valence-corrected chi connectivity index (χ1v) is 8.11. The number of amides is 2. The standard InChI is InChI=1S/C16H28N2O4/c1-11-9-17(15(20)22-16(3,4)5)10-12(2)18(11)14(19)13-7-6-8-21-13/h11-13H,6-10H2,1-5H3/t11-,12?,13?/m0/s1. The van der Waals surface area contributed by atoms with E-state index in [4.69, 9.17) is 9.47 Å². The van der Waals surface area contributed by atoms with Gasteiger partial charge in [0, 0.05) is 31.8 Å². The highest BCUT2D eigenvalue weighted by Crippen LogP contribution is 2.23. The van der Waals surface area contributed by atoms with Crippen LogP contribution in [0.25, 0.3) is 0 Å². The molecule has 22 heavy (non-hydrogen) atoms. The Balaban J connectivity index is 1.99. The van der Waals surface area contributed by atoms with Crippen molar-refractivity contribution in [2.75, 3.05) is 19.7 Å². The Kier molecular flexibility index (Phi) is 5.00. The Labute approximate surface area is 132 Å². The van der Waals surface area contributed by atoms with Gasteiger partial charge in [-0.15, -0.1) is 0 Å². The molecule has 0 spiro atoms. The predicted molar refractivity (Wildman–Crippen MR) is 82.6 cm³/mol. The van der Waals surface area contributed by atoms with Gasteiger partial charge in [-0.3, -0.25) is 4.79 Å². The molecular weight excluding hydrogens is 284 g/mol. The fourth-order valence-electron chi connectivity index (χ4n) is 3.17. The van der Waals surface area contributed by atoms with E-state index in [2.05, 4.69) is 0 Å². The van der Waals surface area contributed by atoms with Gasteiger partial charge < -0.3 is 19.3 Å². The Morgan fingerprint density at radius 1 is 1.14 bits per heavy atom. The lowest BCUT2D eigenvalue weighted by Crippen LogP contribution is -2.61. The molecule has 0 N–H and O–H groups in total. The number of carbonyl (C=O) groups excluding carboxylic acids is 2. The fourth-order valence-corrected chi connectivity index (χ4v) is 3.17. The van der Waals surface area contributed by atoms with Gasteiger partial charge in [0.2, 0.25) is 0 Å². The molecule has 2 heterocycles. The molecule has 0 radical (unpaired) electrons. The lowest BCUT2D eigenvalue weighted by molar-refractivity contribution is -0.148. The second-order valence-corrected chi connectivity index (χ2v) is 7.33. The number of nitrogens with zero attached hydrogens (tertiary/aromatic N) is 2. The van der Waals surface area contributed by atoms with Crippen molar-refractivity contribution in [3.8, 4) is 0 Å². The van der Waals surface area contributed by atoms with Gasteiger partial charge >= 0.3 is 6.09 Å². The first kappa shape index (κ1) is 17.1. The molecule has 2 aliphatic heterocycles. The normalized spacial score (nSPS) is 29.6. The monoisotopic (exact) mass is 312 g/mol. The van der Waals surface area contributed by atoms with E-state index in [1.54, 1.807) is 4.90 Å². The molecule has 2 amide bonds. The summed E-state index contributed by atoms with van der Waals surface area (Å²) in [5.74, 6) is 0.0568. The minimum atomic E-state index is -0.506. The highest BCUT2D eigenvalue weighted by atomic mass is 16.6. The maximum absolute atomic E-state index is 12.6. The van der Waals surface area contributed by atoms with Gasteiger partial charge in [-0.25, -0.2) is 4.79 Å². The molecule has 0 aromatic carbocycles. The van der Waals surface area contributed by atoms with Crippen LogP contribution >= 0.6 is 0 Å². The van der Waals surface area contributed by atoms with Crippen molar-refractivity contribution >= 4 is 12.0 Å². The first-order valence-electron chi connectivity index (χ1n) is 8.11. The van der Waals surface area contributed by atoms with E-state index in [-0.39, 0.29) is 30.2 Å². The summed E-state index contributed by atoms with van der Waals surface area (Å²) in [5, 5.41) is 0. The van der Waals surface area contributed by atoms with Crippen molar-refractivity contribution in [3.63, 3.8) is 0 Å². The van der Waals surface area contributed by atoms with Crippen molar-refractivity contribution in [2.45, 2.75) is 71.2 Å². The van der Waals surface area contributed by atoms with Crippen molar-refractivity contribution in [2.24, 2.45) is 0 Å². The van der Waals surface area contributed by atoms with Crippen LogP contribution in [0.3, 0.4) is 0 Å². The molecule has 2 aliphatic rings. The molecule has 0 aromatic heterocycles. The van der Waals surface area contributed by atoms with E-state index in [1.807, 2.05) is 39.5 Å². The third-order valence-corrected chi connectivity index (χ3v) is 4.03. The maximum Gasteiger partial charge on any atom is 0.410 e. The van der Waals surface area contributed by atoms with Gasteiger partial charge in [0.05, 0.1) is 0 Å². The van der Waals surface area contributed by atoms with Crippen molar-refractivity contribution < 1.29 is 19.1 Å². The lowest BCUT2D eigenvalue weighted by atomic mass is 10.1. The van der Waals surface area contributed by atoms with Gasteiger partial charge in [0.1, 0.15) is 11.7 Å². The van der Waals surface area contributed by atoms with Crippen molar-refractivity contribution in [1.29, 1.82) is 0 Å². The Morgan fingerprint density at radius 3 is 2.18 bits per heavy atom. The molecule has 2 saturated heterocycles. The van der Waals surface area contributed by atoms with Crippen molar-refractivity contribution in [3.05, 3.63) is 0 Å². The van der Waals surface area contributed by atoms with Crippen LogP contribution in [-0.4, -0.2) is 65.3 Å². The van der Waals surface area contributed by atoms with E-state index in [0.29, 0.717) is 19.7 Å². The number of hydrogen-bond acceptors (Lipinski definition) is 4. The summed E-state index contributed by atoms with van der Waals surface area (Å²) in [5.41, 5.74) is -0.506. The van der Waals surface area contributed by atoms with Crippen LogP contribution in [0.5, 0.6) is 0 Å². The van der Waals surface area contributed by atoms with Crippen molar-refractivity contribution in [1.82, 2.24) is 9.80 Å². The van der Waals surface area contributed by atoms with Crippen LogP contribution in [0, 0.1) is 0 Å². The van der Waals surface area contributed by atoms with Gasteiger partial charge in [-0.1, -0.05) is 0 Å². The highest BCUT2D eigenvalue weighted by Gasteiger charge is 2.39. The second-order valence-electron chi connectivity index (χ2n) is 7.33. The van der Waals surface area contributed by atoms with E-state index in [0.717, 1.165) is 12.8 Å². The SMILES string of the molecule is CC1CN(C(=O)OC(C)(C)C)C[C@H](C)N1C(=O)C1CCCO1. The number of hydrogen-bond donors (Lipinski definition) is 0. The van der Waals surface area contributed by atoms with Crippen LogP contribution < -0.4 is 0 Å². The summed E-state index contributed by atoms with van der Waals surface area (Å²) in [6, 6.07) is -0.0686. The summed E-state index contributed by atoms with van der Waals surface area (Å²) in [6.07, 6.45) is 1.12. The molecule has 6 heteroatoms. The van der Waals surface area contributed by atoms with Crippen LogP contribution in [-0.2, 0) is 14.3 Å². The third kappa shape index (κ3) is 3.91. The highest BCUT2D eigenvalue weighted by molar-refractivity contribution is 5.82. The molecule has 2 unspecified atom stereocenters. The largest absolute Gasteiger partial charge is 0.444 e. The van der Waals surface area contributed by atoms with E-state index in [9.17, 15) is 9.59 Å². The Hall–Kier alpha value is -1.30. The molecule has 0 saturated carbocycles. The van der Waals surface area contributed by atoms with Crippen LogP contribution in [0.1, 0.15) is 47.5 Å². The minimum Gasteiger partial charge on any atom is -0.444 e.